The minimum Gasteiger partial charge on any atom is -0.252 e. The van der Waals surface area contributed by atoms with Crippen LogP contribution in [-0.4, -0.2) is 18.0 Å². The van der Waals surface area contributed by atoms with Crippen molar-refractivity contribution in [3.8, 4) is 0 Å². The number of halogens is 3. The summed E-state index contributed by atoms with van der Waals surface area (Å²) in [5.41, 5.74) is -4.64. The Morgan fingerprint density at radius 1 is 1.27 bits per heavy atom. The van der Waals surface area contributed by atoms with Crippen molar-refractivity contribution < 1.29 is 17.4 Å². The maximum absolute atomic E-state index is 11.6. The molecule has 0 aromatic rings. The van der Waals surface area contributed by atoms with Gasteiger partial charge in [-0.1, -0.05) is 19.6 Å². The van der Waals surface area contributed by atoms with E-state index in [1.807, 2.05) is 4.39 Å². The highest BCUT2D eigenvalue weighted by Crippen LogP contribution is 2.19. The highest BCUT2D eigenvalue weighted by molar-refractivity contribution is 7.85. The second-order valence-corrected chi connectivity index (χ2v) is 9.38. The van der Waals surface area contributed by atoms with Crippen molar-refractivity contribution in [3.63, 3.8) is 0 Å². The summed E-state index contributed by atoms with van der Waals surface area (Å²) >= 11 is 0. The lowest BCUT2D eigenvalue weighted by Gasteiger charge is -2.17. The minimum atomic E-state index is -4.64. The van der Waals surface area contributed by atoms with Crippen LogP contribution in [0.5, 0.6) is 0 Å². The Hall–Kier alpha value is 0.117. The van der Waals surface area contributed by atoms with E-state index >= 15 is 0 Å². The molecule has 11 heavy (non-hydrogen) atoms. The molecule has 1 N–H and O–H groups in total. The molecule has 0 bridgehead atoms. The molecule has 0 spiro atoms. The maximum Gasteiger partial charge on any atom is 0.485 e. The third kappa shape index (κ3) is 5.39. The van der Waals surface area contributed by atoms with Crippen molar-refractivity contribution in [3.05, 3.63) is 0 Å². The third-order valence-electron chi connectivity index (χ3n) is 0.609. The molecule has 1 unspecified atom stereocenters. The second-order valence-electron chi connectivity index (χ2n) is 3.07. The number of alkyl halides is 3. The fourth-order valence-electron chi connectivity index (χ4n) is 0.336. The largest absolute Gasteiger partial charge is 0.485 e. The summed E-state index contributed by atoms with van der Waals surface area (Å²) < 4.78 is 47.4. The normalized spacial score (nSPS) is 16.5. The quantitative estimate of drug-likeness (QED) is 0.682. The van der Waals surface area contributed by atoms with Gasteiger partial charge in [0.2, 0.25) is 0 Å². The van der Waals surface area contributed by atoms with Gasteiger partial charge in [-0.15, -0.1) is 0 Å². The standard InChI is InChI=1S/C4H10F3NOSSi/c1-11(2,3)8-10(9)4(5,6)7/h8H,1-3H3. The van der Waals surface area contributed by atoms with Crippen LogP contribution in [0.4, 0.5) is 13.2 Å². The Bertz CT molecular complexity index is 164. The summed E-state index contributed by atoms with van der Waals surface area (Å²) in [6.07, 6.45) is 0. The molecule has 0 aromatic carbocycles. The molecule has 0 radical (unpaired) electrons. The Kier molecular flexibility index (Phi) is 3.27. The number of hydrogen-bond donors (Lipinski definition) is 1. The molecule has 0 amide bonds. The van der Waals surface area contributed by atoms with Crippen LogP contribution < -0.4 is 4.39 Å². The van der Waals surface area contributed by atoms with Gasteiger partial charge in [0, 0.05) is 0 Å². The summed E-state index contributed by atoms with van der Waals surface area (Å²) in [4.78, 5) is 0. The van der Waals surface area contributed by atoms with Crippen molar-refractivity contribution >= 4 is 19.2 Å². The van der Waals surface area contributed by atoms with Crippen LogP contribution in [0.15, 0.2) is 0 Å². The van der Waals surface area contributed by atoms with Gasteiger partial charge < -0.3 is 0 Å². The Morgan fingerprint density at radius 2 is 1.64 bits per heavy atom. The first-order valence-corrected chi connectivity index (χ1v) is 7.54. The van der Waals surface area contributed by atoms with Crippen LogP contribution in [0.3, 0.4) is 0 Å². The average molecular weight is 205 g/mol. The smallest absolute Gasteiger partial charge is 0.252 e. The molecule has 0 aliphatic carbocycles. The van der Waals surface area contributed by atoms with Gasteiger partial charge in [0.25, 0.3) is 0 Å². The van der Waals surface area contributed by atoms with Gasteiger partial charge >= 0.3 is 5.51 Å². The van der Waals surface area contributed by atoms with E-state index in [0.29, 0.717) is 0 Å². The van der Waals surface area contributed by atoms with E-state index in [1.54, 1.807) is 19.6 Å². The Balaban J connectivity index is 4.11. The van der Waals surface area contributed by atoms with Crippen molar-refractivity contribution in [1.82, 2.24) is 4.39 Å². The molecule has 0 saturated carbocycles. The molecule has 0 aromatic heterocycles. The lowest BCUT2D eigenvalue weighted by Crippen LogP contribution is -2.46. The van der Waals surface area contributed by atoms with Gasteiger partial charge in [-0.2, -0.15) is 13.2 Å². The summed E-state index contributed by atoms with van der Waals surface area (Å²) in [7, 11) is -5.00. The molecule has 0 fully saturated rings. The van der Waals surface area contributed by atoms with E-state index in [1.165, 1.54) is 0 Å². The number of nitrogens with one attached hydrogen (secondary N) is 1. The second kappa shape index (κ2) is 3.24. The van der Waals surface area contributed by atoms with Gasteiger partial charge in [0.05, 0.1) is 0 Å². The van der Waals surface area contributed by atoms with Crippen molar-refractivity contribution in [1.29, 1.82) is 0 Å². The van der Waals surface area contributed by atoms with Crippen LogP contribution in [-0.2, 0) is 11.0 Å². The fraction of sp³-hybridized carbons (Fsp3) is 1.00. The van der Waals surface area contributed by atoms with E-state index < -0.39 is 24.7 Å². The van der Waals surface area contributed by atoms with Crippen molar-refractivity contribution in [2.75, 3.05) is 0 Å². The van der Waals surface area contributed by atoms with Gasteiger partial charge in [0.1, 0.15) is 8.24 Å². The fourth-order valence-corrected chi connectivity index (χ4v) is 3.02. The van der Waals surface area contributed by atoms with Gasteiger partial charge in [0.15, 0.2) is 11.0 Å². The predicted octanol–water partition coefficient (Wildman–Crippen LogP) is 1.59. The monoisotopic (exact) mass is 205 g/mol. The molecule has 0 heterocycles. The van der Waals surface area contributed by atoms with Crippen LogP contribution in [0, 0.1) is 0 Å². The lowest BCUT2D eigenvalue weighted by atomic mass is 11.6. The SMILES string of the molecule is C[Si](C)(C)NS(=O)C(F)(F)F. The number of hydrogen-bond acceptors (Lipinski definition) is 1. The molecule has 0 saturated heterocycles. The van der Waals surface area contributed by atoms with Gasteiger partial charge in [-0.05, 0) is 0 Å². The highest BCUT2D eigenvalue weighted by Gasteiger charge is 2.39. The van der Waals surface area contributed by atoms with E-state index in [2.05, 4.69) is 0 Å². The zero-order valence-corrected chi connectivity index (χ0v) is 8.27. The molecule has 7 heteroatoms. The van der Waals surface area contributed by atoms with Crippen molar-refractivity contribution in [2.24, 2.45) is 0 Å². The van der Waals surface area contributed by atoms with Crippen molar-refractivity contribution in [2.45, 2.75) is 25.1 Å². The first-order chi connectivity index (χ1) is 4.63. The lowest BCUT2D eigenvalue weighted by molar-refractivity contribution is -0.0389. The van der Waals surface area contributed by atoms with E-state index in [4.69, 9.17) is 0 Å². The average Bonchev–Trinajstić information content (AvgIpc) is 1.56. The van der Waals surface area contributed by atoms with E-state index in [0.717, 1.165) is 0 Å². The molecule has 0 aliphatic heterocycles. The zero-order chi connectivity index (χ0) is 9.28. The first-order valence-electron chi connectivity index (χ1n) is 2.89. The molecular weight excluding hydrogens is 195 g/mol. The molecule has 0 aliphatic rings. The zero-order valence-electron chi connectivity index (χ0n) is 6.45. The van der Waals surface area contributed by atoms with E-state index in [9.17, 15) is 17.4 Å². The molecular formula is C4H10F3NOSSi. The summed E-state index contributed by atoms with van der Waals surface area (Å²) in [6.45, 7) is 4.95. The predicted molar refractivity (Wildman–Crippen MR) is 40.7 cm³/mol. The first kappa shape index (κ1) is 11.1. The molecule has 0 rings (SSSR count). The summed E-state index contributed by atoms with van der Waals surface area (Å²) in [5.74, 6) is 0. The summed E-state index contributed by atoms with van der Waals surface area (Å²) in [5, 5.41) is 0. The Labute approximate surface area is 66.9 Å². The Morgan fingerprint density at radius 3 is 1.73 bits per heavy atom. The molecule has 1 atom stereocenters. The third-order valence-corrected chi connectivity index (χ3v) is 4.22. The molecule has 2 nitrogen and oxygen atoms in total. The maximum atomic E-state index is 11.6. The van der Waals surface area contributed by atoms with Crippen LogP contribution in [0.1, 0.15) is 0 Å². The minimum absolute atomic E-state index is 1.65. The van der Waals surface area contributed by atoms with Crippen LogP contribution in [0.2, 0.25) is 19.6 Å². The summed E-state index contributed by atoms with van der Waals surface area (Å²) in [6, 6.07) is 0. The molecule has 68 valence electrons. The van der Waals surface area contributed by atoms with Crippen LogP contribution in [0.25, 0.3) is 0 Å². The van der Waals surface area contributed by atoms with Gasteiger partial charge in [-0.25, -0.2) is 4.21 Å². The number of rotatable bonds is 2. The van der Waals surface area contributed by atoms with E-state index in [-0.39, 0.29) is 0 Å². The topological polar surface area (TPSA) is 29.1 Å². The van der Waals surface area contributed by atoms with Gasteiger partial charge in [-0.3, -0.25) is 4.39 Å². The highest BCUT2D eigenvalue weighted by atomic mass is 32.2. The van der Waals surface area contributed by atoms with Crippen LogP contribution >= 0.6 is 0 Å².